The van der Waals surface area contributed by atoms with Gasteiger partial charge in [-0.25, -0.2) is 4.79 Å². The molecule has 0 unspecified atom stereocenters. The number of carbonyl (C=O) groups excluding carboxylic acids is 1. The van der Waals surface area contributed by atoms with Gasteiger partial charge in [0.25, 0.3) is 5.56 Å². The molecule has 0 radical (unpaired) electrons. The summed E-state index contributed by atoms with van der Waals surface area (Å²) in [5.74, 6) is -1.17. The number of thiazole rings is 1. The molecule has 0 fully saturated rings. The molecule has 3 aromatic rings. The summed E-state index contributed by atoms with van der Waals surface area (Å²) in [7, 11) is 0. The van der Waals surface area contributed by atoms with Crippen LogP contribution in [-0.4, -0.2) is 16.6 Å². The van der Waals surface area contributed by atoms with E-state index in [1.807, 2.05) is 35.0 Å². The number of nitriles is 1. The van der Waals surface area contributed by atoms with Crippen molar-refractivity contribution in [2.75, 3.05) is 0 Å². The van der Waals surface area contributed by atoms with Crippen LogP contribution in [0.5, 0.6) is 0 Å². The number of rotatable bonds is 4. The molecular formula is C21H17N3O3S3. The highest BCUT2D eigenvalue weighted by atomic mass is 32.1. The summed E-state index contributed by atoms with van der Waals surface area (Å²) in [6.07, 6.45) is 1.42. The summed E-state index contributed by atoms with van der Waals surface area (Å²) < 4.78 is 7.61. The second-order valence-corrected chi connectivity index (χ2v) is 9.79. The Morgan fingerprint density at radius 3 is 2.63 bits per heavy atom. The van der Waals surface area contributed by atoms with Crippen LogP contribution in [-0.2, 0) is 9.53 Å². The van der Waals surface area contributed by atoms with Gasteiger partial charge < -0.3 is 10.5 Å². The first-order valence-electron chi connectivity index (χ1n) is 9.08. The number of hydrogen-bond acceptors (Lipinski definition) is 8. The van der Waals surface area contributed by atoms with Gasteiger partial charge in [0.05, 0.1) is 33.8 Å². The zero-order chi connectivity index (χ0) is 21.4. The van der Waals surface area contributed by atoms with Crippen LogP contribution >= 0.6 is 34.0 Å². The lowest BCUT2D eigenvalue weighted by atomic mass is 9.88. The van der Waals surface area contributed by atoms with Gasteiger partial charge in [-0.05, 0) is 42.8 Å². The van der Waals surface area contributed by atoms with Gasteiger partial charge in [-0.2, -0.15) is 5.26 Å². The largest absolute Gasteiger partial charge is 0.460 e. The maximum absolute atomic E-state index is 13.2. The summed E-state index contributed by atoms with van der Waals surface area (Å²) in [6.45, 7) is 3.52. The standard InChI is InChI=1S/C21H17N3O3S3/c1-11(2)27-21(26)17-16(14-6-4-8-29-14)13(10-22)18(23)24-19(25)15(30-20(17)24)9-12-5-3-7-28-12/h3-9,11,16H,23H2,1-2H3/b15-9-/t16-/m1/s1. The van der Waals surface area contributed by atoms with E-state index in [1.54, 1.807) is 19.9 Å². The maximum Gasteiger partial charge on any atom is 0.338 e. The lowest BCUT2D eigenvalue weighted by Crippen LogP contribution is -2.40. The Kier molecular flexibility index (Phi) is 5.47. The molecule has 0 aliphatic carbocycles. The third-order valence-corrected chi connectivity index (χ3v) is 7.34. The number of fused-ring (bicyclic) bond motifs is 1. The number of allylic oxidation sites excluding steroid dienone is 1. The maximum atomic E-state index is 13.2. The molecule has 1 aliphatic rings. The summed E-state index contributed by atoms with van der Waals surface area (Å²) >= 11 is 4.11. The number of ether oxygens (including phenoxy) is 1. The van der Waals surface area contributed by atoms with Crippen molar-refractivity contribution in [2.45, 2.75) is 25.9 Å². The van der Waals surface area contributed by atoms with E-state index in [4.69, 9.17) is 10.5 Å². The minimum atomic E-state index is -0.672. The monoisotopic (exact) mass is 455 g/mol. The molecule has 0 bridgehead atoms. The molecule has 1 atom stereocenters. The van der Waals surface area contributed by atoms with E-state index in [-0.39, 0.29) is 28.6 Å². The molecule has 6 nitrogen and oxygen atoms in total. The normalized spacial score (nSPS) is 16.7. The molecule has 0 amide bonds. The highest BCUT2D eigenvalue weighted by molar-refractivity contribution is 7.11. The summed E-state index contributed by atoms with van der Waals surface area (Å²) in [6, 6.07) is 9.62. The lowest BCUT2D eigenvalue weighted by Gasteiger charge is -2.24. The first-order valence-corrected chi connectivity index (χ1v) is 11.7. The van der Waals surface area contributed by atoms with E-state index in [2.05, 4.69) is 6.07 Å². The quantitative estimate of drug-likeness (QED) is 0.609. The first kappa shape index (κ1) is 20.3. The molecular weight excluding hydrogens is 438 g/mol. The fraction of sp³-hybridized carbons (Fsp3) is 0.190. The van der Waals surface area contributed by atoms with Gasteiger partial charge in [0, 0.05) is 9.75 Å². The van der Waals surface area contributed by atoms with Crippen LogP contribution in [0.1, 0.15) is 29.5 Å². The molecule has 0 saturated heterocycles. The minimum absolute atomic E-state index is 0.0547. The average molecular weight is 456 g/mol. The summed E-state index contributed by atoms with van der Waals surface area (Å²) in [5, 5.41) is 13.7. The molecule has 3 aromatic heterocycles. The Morgan fingerprint density at radius 1 is 1.30 bits per heavy atom. The molecule has 152 valence electrons. The second kappa shape index (κ2) is 8.07. The van der Waals surface area contributed by atoms with Crippen LogP contribution in [0, 0.1) is 11.3 Å². The molecule has 1 aliphatic heterocycles. The van der Waals surface area contributed by atoms with Crippen LogP contribution in [0.3, 0.4) is 0 Å². The van der Waals surface area contributed by atoms with Crippen molar-refractivity contribution in [1.82, 2.24) is 4.57 Å². The topological polar surface area (TPSA) is 98.1 Å². The van der Waals surface area contributed by atoms with Gasteiger partial charge in [-0.1, -0.05) is 12.1 Å². The Hall–Kier alpha value is -2.93. The number of thiophene rings is 2. The molecule has 0 spiro atoms. The van der Waals surface area contributed by atoms with Crippen LogP contribution in [0.2, 0.25) is 0 Å². The van der Waals surface area contributed by atoms with Gasteiger partial charge in [-0.3, -0.25) is 9.36 Å². The molecule has 0 aromatic carbocycles. The smallest absolute Gasteiger partial charge is 0.338 e. The molecule has 30 heavy (non-hydrogen) atoms. The van der Waals surface area contributed by atoms with E-state index in [0.717, 1.165) is 9.75 Å². The van der Waals surface area contributed by atoms with Crippen LogP contribution < -0.4 is 20.5 Å². The van der Waals surface area contributed by atoms with Gasteiger partial charge >= 0.3 is 5.97 Å². The first-order chi connectivity index (χ1) is 14.4. The summed E-state index contributed by atoms with van der Waals surface area (Å²) in [4.78, 5) is 28.0. The van der Waals surface area contributed by atoms with E-state index in [1.165, 1.54) is 38.6 Å². The van der Waals surface area contributed by atoms with Crippen molar-refractivity contribution in [1.29, 1.82) is 5.26 Å². The molecule has 4 rings (SSSR count). The Bertz CT molecular complexity index is 1350. The zero-order valence-electron chi connectivity index (χ0n) is 16.1. The molecule has 2 N–H and O–H groups in total. The van der Waals surface area contributed by atoms with Gasteiger partial charge in [-0.15, -0.1) is 34.0 Å². The number of nitrogens with two attached hydrogens (primary N) is 1. The molecule has 0 saturated carbocycles. The minimum Gasteiger partial charge on any atom is -0.460 e. The van der Waals surface area contributed by atoms with Crippen molar-refractivity contribution in [3.05, 3.63) is 69.9 Å². The van der Waals surface area contributed by atoms with Crippen molar-refractivity contribution >= 4 is 57.4 Å². The van der Waals surface area contributed by atoms with Crippen molar-refractivity contribution in [2.24, 2.45) is 5.73 Å². The van der Waals surface area contributed by atoms with Crippen LogP contribution in [0.4, 0.5) is 0 Å². The summed E-state index contributed by atoms with van der Waals surface area (Å²) in [5.41, 5.74) is 6.39. The Labute approximate surface area is 184 Å². The van der Waals surface area contributed by atoms with Gasteiger partial charge in [0.15, 0.2) is 0 Å². The third-order valence-electron chi connectivity index (χ3n) is 4.48. The predicted molar refractivity (Wildman–Crippen MR) is 120 cm³/mol. The third kappa shape index (κ3) is 3.43. The van der Waals surface area contributed by atoms with Crippen LogP contribution in [0.15, 0.2) is 45.4 Å². The Balaban J connectivity index is 2.10. The Morgan fingerprint density at radius 2 is 2.03 bits per heavy atom. The molecule has 4 heterocycles. The molecule has 9 heteroatoms. The van der Waals surface area contributed by atoms with E-state index in [9.17, 15) is 14.9 Å². The van der Waals surface area contributed by atoms with Gasteiger partial charge in [0.1, 0.15) is 10.5 Å². The average Bonchev–Trinajstić information content (AvgIpc) is 3.44. The number of hydrogen-bond donors (Lipinski definition) is 1. The lowest BCUT2D eigenvalue weighted by molar-refractivity contribution is -0.140. The SMILES string of the molecule is CC(C)OC(=O)C1=c2s/c(=C\c3cccs3)c(=O)n2C(N)=C(C#N)[C@@H]1c1cccs1. The van der Waals surface area contributed by atoms with Crippen molar-refractivity contribution in [3.8, 4) is 6.07 Å². The zero-order valence-corrected chi connectivity index (χ0v) is 18.6. The highest BCUT2D eigenvalue weighted by Crippen LogP contribution is 2.38. The van der Waals surface area contributed by atoms with Crippen molar-refractivity contribution in [3.63, 3.8) is 0 Å². The van der Waals surface area contributed by atoms with Crippen molar-refractivity contribution < 1.29 is 9.53 Å². The number of aromatic nitrogens is 1. The van der Waals surface area contributed by atoms with Gasteiger partial charge in [0.2, 0.25) is 0 Å². The van der Waals surface area contributed by atoms with E-state index in [0.29, 0.717) is 9.20 Å². The van der Waals surface area contributed by atoms with E-state index < -0.39 is 11.9 Å². The predicted octanol–water partition coefficient (Wildman–Crippen LogP) is 2.41. The van der Waals surface area contributed by atoms with E-state index >= 15 is 0 Å². The fourth-order valence-corrected chi connectivity index (χ4v) is 6.00. The number of esters is 1. The number of carbonyl (C=O) groups is 1. The second-order valence-electron chi connectivity index (χ2n) is 6.80. The highest BCUT2D eigenvalue weighted by Gasteiger charge is 2.37. The number of nitrogens with zero attached hydrogens (tertiary/aromatic N) is 2. The van der Waals surface area contributed by atoms with Crippen LogP contribution in [0.25, 0.3) is 17.5 Å². The fourth-order valence-electron chi connectivity index (χ4n) is 3.26.